The SMILES string of the molecule is C=C(Br)C=CC(=C)C(C)=CC=CC. The van der Waals surface area contributed by atoms with Crippen molar-refractivity contribution < 1.29 is 0 Å². The van der Waals surface area contributed by atoms with E-state index < -0.39 is 0 Å². The molecule has 0 amide bonds. The first kappa shape index (κ1) is 12.2. The molecule has 0 aromatic heterocycles. The quantitative estimate of drug-likeness (QED) is 0.632. The van der Waals surface area contributed by atoms with Crippen LogP contribution in [0.15, 0.2) is 59.2 Å². The van der Waals surface area contributed by atoms with Crippen molar-refractivity contribution in [1.82, 2.24) is 0 Å². The number of allylic oxidation sites excluding steroid dienone is 8. The second-order valence-electron chi connectivity index (χ2n) is 2.68. The van der Waals surface area contributed by atoms with Crippen molar-refractivity contribution in [2.75, 3.05) is 0 Å². The van der Waals surface area contributed by atoms with E-state index in [-0.39, 0.29) is 0 Å². The number of halogens is 1. The number of rotatable bonds is 4. The molecule has 0 saturated carbocycles. The van der Waals surface area contributed by atoms with E-state index in [1.54, 1.807) is 0 Å². The molecule has 0 fully saturated rings. The van der Waals surface area contributed by atoms with Gasteiger partial charge in [0, 0.05) is 4.48 Å². The zero-order chi connectivity index (χ0) is 10.3. The van der Waals surface area contributed by atoms with E-state index >= 15 is 0 Å². The van der Waals surface area contributed by atoms with E-state index in [2.05, 4.69) is 29.1 Å². The second-order valence-corrected chi connectivity index (χ2v) is 3.70. The van der Waals surface area contributed by atoms with Gasteiger partial charge in [0.2, 0.25) is 0 Å². The van der Waals surface area contributed by atoms with Gasteiger partial charge in [-0.3, -0.25) is 0 Å². The van der Waals surface area contributed by atoms with Crippen molar-refractivity contribution in [3.63, 3.8) is 0 Å². The zero-order valence-corrected chi connectivity index (χ0v) is 9.76. The van der Waals surface area contributed by atoms with Crippen LogP contribution in [-0.2, 0) is 0 Å². The molecule has 0 heterocycles. The Morgan fingerprint density at radius 3 is 2.31 bits per heavy atom. The Morgan fingerprint density at radius 1 is 1.23 bits per heavy atom. The summed E-state index contributed by atoms with van der Waals surface area (Å²) in [5, 5.41) is 0. The van der Waals surface area contributed by atoms with Gasteiger partial charge in [0.1, 0.15) is 0 Å². The van der Waals surface area contributed by atoms with Crippen molar-refractivity contribution >= 4 is 15.9 Å². The molecule has 0 unspecified atom stereocenters. The molecule has 1 heteroatoms. The van der Waals surface area contributed by atoms with E-state index in [1.165, 1.54) is 0 Å². The first-order valence-electron chi connectivity index (χ1n) is 4.09. The zero-order valence-electron chi connectivity index (χ0n) is 8.18. The van der Waals surface area contributed by atoms with Crippen LogP contribution in [0, 0.1) is 0 Å². The molecule has 0 rings (SSSR count). The summed E-state index contributed by atoms with van der Waals surface area (Å²) >= 11 is 3.25. The lowest BCUT2D eigenvalue weighted by atomic mass is 10.1. The van der Waals surface area contributed by atoms with Gasteiger partial charge in [0.15, 0.2) is 0 Å². The molecule has 0 saturated heterocycles. The molecular weight excluding hydrogens is 224 g/mol. The van der Waals surface area contributed by atoms with Crippen LogP contribution in [0.3, 0.4) is 0 Å². The molecule has 0 aromatic rings. The average molecular weight is 239 g/mol. The largest absolute Gasteiger partial charge is 0.0915 e. The third kappa shape index (κ3) is 6.35. The van der Waals surface area contributed by atoms with Gasteiger partial charge in [0.05, 0.1) is 0 Å². The summed E-state index contributed by atoms with van der Waals surface area (Å²) in [4.78, 5) is 0. The highest BCUT2D eigenvalue weighted by atomic mass is 79.9. The van der Waals surface area contributed by atoms with Crippen LogP contribution in [0.1, 0.15) is 13.8 Å². The molecule has 0 N–H and O–H groups in total. The lowest BCUT2D eigenvalue weighted by Gasteiger charge is -1.97. The summed E-state index contributed by atoms with van der Waals surface area (Å²) in [6.07, 6.45) is 9.84. The van der Waals surface area contributed by atoms with Crippen LogP contribution >= 0.6 is 15.9 Å². The molecule has 0 spiro atoms. The normalized spacial score (nSPS) is 12.7. The first-order valence-corrected chi connectivity index (χ1v) is 4.88. The fraction of sp³-hybridized carbons (Fsp3) is 0.167. The maximum absolute atomic E-state index is 3.93. The highest BCUT2D eigenvalue weighted by Gasteiger charge is 1.89. The average Bonchev–Trinajstić information content (AvgIpc) is 2.10. The Labute approximate surface area is 89.2 Å². The molecule has 0 aliphatic carbocycles. The van der Waals surface area contributed by atoms with Crippen LogP contribution in [0.4, 0.5) is 0 Å². The van der Waals surface area contributed by atoms with Crippen LogP contribution in [0.5, 0.6) is 0 Å². The Morgan fingerprint density at radius 2 is 1.85 bits per heavy atom. The van der Waals surface area contributed by atoms with Crippen molar-refractivity contribution in [2.24, 2.45) is 0 Å². The molecule has 0 aliphatic heterocycles. The molecule has 0 radical (unpaired) electrons. The van der Waals surface area contributed by atoms with Crippen LogP contribution in [-0.4, -0.2) is 0 Å². The summed E-state index contributed by atoms with van der Waals surface area (Å²) < 4.78 is 0.854. The molecule has 13 heavy (non-hydrogen) atoms. The maximum Gasteiger partial charge on any atom is 0.0103 e. The minimum Gasteiger partial charge on any atom is -0.0915 e. The minimum absolute atomic E-state index is 0.854. The third-order valence-corrected chi connectivity index (χ3v) is 1.77. The summed E-state index contributed by atoms with van der Waals surface area (Å²) in [5.41, 5.74) is 2.15. The Hall–Kier alpha value is -0.820. The topological polar surface area (TPSA) is 0 Å². The molecule has 0 aromatic carbocycles. The standard InChI is InChI=1S/C12H15Br/c1-5-6-7-10(2)11(3)8-9-12(4)13/h5-9H,3-4H2,1-2H3. The molecule has 0 nitrogen and oxygen atoms in total. The summed E-state index contributed by atoms with van der Waals surface area (Å²) in [6.45, 7) is 11.7. The van der Waals surface area contributed by atoms with E-state index in [0.29, 0.717) is 0 Å². The maximum atomic E-state index is 3.93. The van der Waals surface area contributed by atoms with Gasteiger partial charge >= 0.3 is 0 Å². The number of hydrogen-bond acceptors (Lipinski definition) is 0. The van der Waals surface area contributed by atoms with E-state index in [9.17, 15) is 0 Å². The summed E-state index contributed by atoms with van der Waals surface area (Å²) in [7, 11) is 0. The second kappa shape index (κ2) is 6.67. The first-order chi connectivity index (χ1) is 6.07. The van der Waals surface area contributed by atoms with Gasteiger partial charge in [-0.15, -0.1) is 0 Å². The Balaban J connectivity index is 4.35. The third-order valence-electron chi connectivity index (χ3n) is 1.51. The van der Waals surface area contributed by atoms with Gasteiger partial charge in [-0.25, -0.2) is 0 Å². The lowest BCUT2D eigenvalue weighted by Crippen LogP contribution is -1.77. The van der Waals surface area contributed by atoms with Crippen molar-refractivity contribution in [1.29, 1.82) is 0 Å². The molecule has 70 valence electrons. The molecule has 0 atom stereocenters. The van der Waals surface area contributed by atoms with Crippen molar-refractivity contribution in [3.8, 4) is 0 Å². The predicted octanol–water partition coefficient (Wildman–Crippen LogP) is 4.53. The Kier molecular flexibility index (Phi) is 6.25. The van der Waals surface area contributed by atoms with Crippen LogP contribution < -0.4 is 0 Å². The summed E-state index contributed by atoms with van der Waals surface area (Å²) in [6, 6.07) is 0. The van der Waals surface area contributed by atoms with E-state index in [0.717, 1.165) is 15.6 Å². The highest BCUT2D eigenvalue weighted by Crippen LogP contribution is 2.11. The van der Waals surface area contributed by atoms with E-state index in [4.69, 9.17) is 0 Å². The van der Waals surface area contributed by atoms with Crippen LogP contribution in [0.25, 0.3) is 0 Å². The molecule has 0 aliphatic rings. The van der Waals surface area contributed by atoms with Crippen LogP contribution in [0.2, 0.25) is 0 Å². The fourth-order valence-corrected chi connectivity index (χ4v) is 0.802. The van der Waals surface area contributed by atoms with Gasteiger partial charge in [0.25, 0.3) is 0 Å². The van der Waals surface area contributed by atoms with Gasteiger partial charge in [-0.05, 0) is 31.1 Å². The highest BCUT2D eigenvalue weighted by molar-refractivity contribution is 9.11. The minimum atomic E-state index is 0.854. The smallest absolute Gasteiger partial charge is 0.0103 e. The molecular formula is C12H15Br. The lowest BCUT2D eigenvalue weighted by molar-refractivity contribution is 1.44. The van der Waals surface area contributed by atoms with E-state index in [1.807, 2.05) is 44.2 Å². The van der Waals surface area contributed by atoms with Gasteiger partial charge in [-0.2, -0.15) is 0 Å². The molecule has 0 bridgehead atoms. The number of hydrogen-bond donors (Lipinski definition) is 0. The summed E-state index contributed by atoms with van der Waals surface area (Å²) in [5.74, 6) is 0. The monoisotopic (exact) mass is 238 g/mol. The fourth-order valence-electron chi connectivity index (χ4n) is 0.670. The Bertz CT molecular complexity index is 277. The predicted molar refractivity (Wildman–Crippen MR) is 64.9 cm³/mol. The van der Waals surface area contributed by atoms with Crippen molar-refractivity contribution in [2.45, 2.75) is 13.8 Å². The van der Waals surface area contributed by atoms with Gasteiger partial charge in [-0.1, -0.05) is 53.4 Å². The van der Waals surface area contributed by atoms with Gasteiger partial charge < -0.3 is 0 Å². The van der Waals surface area contributed by atoms with Crippen molar-refractivity contribution in [3.05, 3.63) is 59.2 Å².